The molecule has 0 aromatic heterocycles. The molecule has 0 fully saturated rings. The first-order valence-corrected chi connectivity index (χ1v) is 4.29. The number of carbonyl (C=O) groups excluding carboxylic acids is 1. The lowest BCUT2D eigenvalue weighted by molar-refractivity contribution is -0.147. The standard InChI is InChI=1S/C6H9Cl3O2/c1-3-4(2)11-5(10)6(7,8)9/h4H,3H2,1-2H3. The maximum absolute atomic E-state index is 10.8. The summed E-state index contributed by atoms with van der Waals surface area (Å²) < 4.78 is 2.77. The normalized spacial score (nSPS) is 14.3. The molecular weight excluding hydrogens is 210 g/mol. The van der Waals surface area contributed by atoms with Gasteiger partial charge in [0.2, 0.25) is 0 Å². The van der Waals surface area contributed by atoms with Crippen molar-refractivity contribution in [3.05, 3.63) is 0 Å². The molecule has 0 aromatic carbocycles. The van der Waals surface area contributed by atoms with Crippen LogP contribution in [0.5, 0.6) is 0 Å². The predicted molar refractivity (Wildman–Crippen MR) is 46.1 cm³/mol. The molecular formula is C6H9Cl3O2. The Balaban J connectivity index is 3.88. The molecule has 0 saturated heterocycles. The van der Waals surface area contributed by atoms with E-state index < -0.39 is 9.76 Å². The highest BCUT2D eigenvalue weighted by atomic mass is 35.6. The van der Waals surface area contributed by atoms with Gasteiger partial charge in [-0.05, 0) is 13.3 Å². The number of esters is 1. The lowest BCUT2D eigenvalue weighted by Gasteiger charge is -2.14. The van der Waals surface area contributed by atoms with Crippen LogP contribution < -0.4 is 0 Å². The maximum Gasteiger partial charge on any atom is 0.358 e. The van der Waals surface area contributed by atoms with Crippen LogP contribution in [0.15, 0.2) is 0 Å². The summed E-state index contributed by atoms with van der Waals surface area (Å²) in [5.41, 5.74) is 0. The Hall–Kier alpha value is 0.340. The minimum absolute atomic E-state index is 0.210. The zero-order valence-electron chi connectivity index (χ0n) is 6.23. The topological polar surface area (TPSA) is 26.3 Å². The van der Waals surface area contributed by atoms with E-state index in [1.54, 1.807) is 6.92 Å². The third-order valence-electron chi connectivity index (χ3n) is 1.11. The van der Waals surface area contributed by atoms with Crippen LogP contribution in [0.2, 0.25) is 0 Å². The van der Waals surface area contributed by atoms with Crippen LogP contribution in [0.4, 0.5) is 0 Å². The van der Waals surface area contributed by atoms with E-state index in [-0.39, 0.29) is 6.10 Å². The number of ether oxygens (including phenoxy) is 1. The lowest BCUT2D eigenvalue weighted by atomic mass is 10.3. The van der Waals surface area contributed by atoms with Crippen LogP contribution in [-0.2, 0) is 9.53 Å². The highest BCUT2D eigenvalue weighted by molar-refractivity contribution is 6.75. The van der Waals surface area contributed by atoms with Crippen molar-refractivity contribution in [1.82, 2.24) is 0 Å². The molecule has 0 aromatic rings. The Bertz CT molecular complexity index is 141. The van der Waals surface area contributed by atoms with E-state index in [1.165, 1.54) is 0 Å². The van der Waals surface area contributed by atoms with E-state index in [1.807, 2.05) is 6.92 Å². The fourth-order valence-corrected chi connectivity index (χ4v) is 0.467. The molecule has 0 saturated carbocycles. The molecule has 0 heterocycles. The second-order valence-corrected chi connectivity index (χ2v) is 4.40. The van der Waals surface area contributed by atoms with E-state index in [0.717, 1.165) is 0 Å². The molecule has 0 aliphatic heterocycles. The lowest BCUT2D eigenvalue weighted by Crippen LogP contribution is -2.25. The Kier molecular flexibility index (Phi) is 4.52. The van der Waals surface area contributed by atoms with Gasteiger partial charge in [-0.15, -0.1) is 0 Å². The Labute approximate surface area is 80.7 Å². The monoisotopic (exact) mass is 218 g/mol. The summed E-state index contributed by atoms with van der Waals surface area (Å²) in [4.78, 5) is 10.8. The van der Waals surface area contributed by atoms with Crippen molar-refractivity contribution >= 4 is 40.8 Å². The number of hydrogen-bond acceptors (Lipinski definition) is 2. The van der Waals surface area contributed by atoms with E-state index in [4.69, 9.17) is 39.5 Å². The van der Waals surface area contributed by atoms with Crippen LogP contribution in [0, 0.1) is 0 Å². The molecule has 2 nitrogen and oxygen atoms in total. The first-order chi connectivity index (χ1) is 4.88. The molecule has 0 N–H and O–H groups in total. The van der Waals surface area contributed by atoms with Gasteiger partial charge >= 0.3 is 5.97 Å². The molecule has 11 heavy (non-hydrogen) atoms. The third-order valence-corrected chi connectivity index (χ3v) is 1.58. The summed E-state index contributed by atoms with van der Waals surface area (Å²) >= 11 is 15.7. The minimum Gasteiger partial charge on any atom is -0.460 e. The van der Waals surface area contributed by atoms with Gasteiger partial charge in [0.15, 0.2) is 0 Å². The second-order valence-electron chi connectivity index (χ2n) is 2.12. The number of carbonyl (C=O) groups is 1. The molecule has 66 valence electrons. The molecule has 0 aliphatic rings. The van der Waals surface area contributed by atoms with E-state index in [0.29, 0.717) is 6.42 Å². The summed E-state index contributed by atoms with van der Waals surface area (Å²) in [7, 11) is 0. The van der Waals surface area contributed by atoms with Crippen molar-refractivity contribution in [2.24, 2.45) is 0 Å². The second kappa shape index (κ2) is 4.39. The van der Waals surface area contributed by atoms with Gasteiger partial charge in [-0.1, -0.05) is 41.7 Å². The smallest absolute Gasteiger partial charge is 0.358 e. The highest BCUT2D eigenvalue weighted by Gasteiger charge is 2.33. The number of halogens is 3. The molecule has 0 aliphatic carbocycles. The van der Waals surface area contributed by atoms with E-state index >= 15 is 0 Å². The third kappa shape index (κ3) is 4.72. The average Bonchev–Trinajstić information content (AvgIpc) is 1.85. The predicted octanol–water partition coefficient (Wildman–Crippen LogP) is 2.70. The molecule has 0 amide bonds. The Morgan fingerprint density at radius 2 is 2.00 bits per heavy atom. The molecule has 5 heteroatoms. The van der Waals surface area contributed by atoms with Gasteiger partial charge < -0.3 is 4.74 Å². The molecule has 0 spiro atoms. The van der Waals surface area contributed by atoms with Gasteiger partial charge in [0.1, 0.15) is 0 Å². The summed E-state index contributed by atoms with van der Waals surface area (Å²) in [6, 6.07) is 0. The Morgan fingerprint density at radius 3 is 2.27 bits per heavy atom. The van der Waals surface area contributed by atoms with Crippen molar-refractivity contribution in [3.63, 3.8) is 0 Å². The summed E-state index contributed by atoms with van der Waals surface area (Å²) in [5.74, 6) is -0.822. The first kappa shape index (κ1) is 11.3. The highest BCUT2D eigenvalue weighted by Crippen LogP contribution is 2.28. The van der Waals surface area contributed by atoms with Gasteiger partial charge in [-0.3, -0.25) is 0 Å². The van der Waals surface area contributed by atoms with Crippen LogP contribution >= 0.6 is 34.8 Å². The van der Waals surface area contributed by atoms with E-state index in [2.05, 4.69) is 0 Å². The van der Waals surface area contributed by atoms with Gasteiger partial charge in [0.25, 0.3) is 3.79 Å². The van der Waals surface area contributed by atoms with Crippen LogP contribution in [-0.4, -0.2) is 15.9 Å². The van der Waals surface area contributed by atoms with Gasteiger partial charge in [-0.25, -0.2) is 4.79 Å². The van der Waals surface area contributed by atoms with Gasteiger partial charge in [-0.2, -0.15) is 0 Å². The van der Waals surface area contributed by atoms with E-state index in [9.17, 15) is 4.79 Å². The SMILES string of the molecule is CCC(C)OC(=O)C(Cl)(Cl)Cl. The summed E-state index contributed by atoms with van der Waals surface area (Å²) in [6.45, 7) is 3.60. The van der Waals surface area contributed by atoms with Crippen LogP contribution in [0.1, 0.15) is 20.3 Å². The summed E-state index contributed by atoms with van der Waals surface area (Å²) in [6.07, 6.45) is 0.491. The number of rotatable bonds is 2. The van der Waals surface area contributed by atoms with Crippen molar-refractivity contribution in [1.29, 1.82) is 0 Å². The molecule has 0 bridgehead atoms. The quantitative estimate of drug-likeness (QED) is 0.527. The zero-order valence-corrected chi connectivity index (χ0v) is 8.50. The first-order valence-electron chi connectivity index (χ1n) is 3.15. The molecule has 0 rings (SSSR count). The zero-order chi connectivity index (χ0) is 9.07. The number of alkyl halides is 3. The molecule has 0 radical (unpaired) electrons. The Morgan fingerprint density at radius 1 is 1.55 bits per heavy atom. The fourth-order valence-electron chi connectivity index (χ4n) is 0.333. The summed E-state index contributed by atoms with van der Waals surface area (Å²) in [5, 5.41) is 0. The van der Waals surface area contributed by atoms with Gasteiger partial charge in [0.05, 0.1) is 6.10 Å². The average molecular weight is 219 g/mol. The number of hydrogen-bond donors (Lipinski definition) is 0. The fraction of sp³-hybridized carbons (Fsp3) is 0.833. The van der Waals surface area contributed by atoms with Crippen LogP contribution in [0.25, 0.3) is 0 Å². The van der Waals surface area contributed by atoms with Crippen molar-refractivity contribution in [2.45, 2.75) is 30.2 Å². The van der Waals surface area contributed by atoms with Crippen LogP contribution in [0.3, 0.4) is 0 Å². The van der Waals surface area contributed by atoms with Crippen molar-refractivity contribution < 1.29 is 9.53 Å². The van der Waals surface area contributed by atoms with Crippen molar-refractivity contribution in [2.75, 3.05) is 0 Å². The largest absolute Gasteiger partial charge is 0.460 e. The maximum atomic E-state index is 10.8. The van der Waals surface area contributed by atoms with Crippen molar-refractivity contribution in [3.8, 4) is 0 Å². The molecule has 1 unspecified atom stereocenters. The van der Waals surface area contributed by atoms with Gasteiger partial charge in [0, 0.05) is 0 Å². The molecule has 1 atom stereocenters. The minimum atomic E-state index is -1.95.